The Labute approximate surface area is 128 Å². The molecule has 0 aliphatic carbocycles. The minimum Gasteiger partial charge on any atom is -0.496 e. The van der Waals surface area contributed by atoms with Gasteiger partial charge in [-0.2, -0.15) is 0 Å². The fraction of sp³-hybridized carbons (Fsp3) is 0.188. The molecule has 2 aromatic rings. The number of hydrogen-bond donors (Lipinski definition) is 2. The van der Waals surface area contributed by atoms with Crippen LogP contribution in [0.1, 0.15) is 15.9 Å². The van der Waals surface area contributed by atoms with E-state index in [-0.39, 0.29) is 5.91 Å². The van der Waals surface area contributed by atoms with Gasteiger partial charge < -0.3 is 15.8 Å². The van der Waals surface area contributed by atoms with E-state index < -0.39 is 0 Å². The molecule has 1 amide bonds. The number of amides is 1. The first-order valence-corrected chi connectivity index (χ1v) is 6.95. The zero-order chi connectivity index (χ0) is 15.2. The van der Waals surface area contributed by atoms with E-state index in [9.17, 15) is 4.79 Å². The molecular formula is C16H17ClN2O2. The summed E-state index contributed by atoms with van der Waals surface area (Å²) < 4.78 is 5.27. The molecule has 3 N–H and O–H groups in total. The van der Waals surface area contributed by atoms with Crippen LogP contribution in [0.2, 0.25) is 5.02 Å². The van der Waals surface area contributed by atoms with E-state index in [0.29, 0.717) is 29.2 Å². The summed E-state index contributed by atoms with van der Waals surface area (Å²) in [4.78, 5) is 12.1. The number of nitrogens with one attached hydrogen (secondary N) is 1. The number of ether oxygens (including phenoxy) is 1. The topological polar surface area (TPSA) is 64.3 Å². The molecular weight excluding hydrogens is 288 g/mol. The molecule has 5 heteroatoms. The molecule has 0 saturated carbocycles. The van der Waals surface area contributed by atoms with Crippen molar-refractivity contribution in [2.75, 3.05) is 19.4 Å². The molecule has 2 aromatic carbocycles. The Morgan fingerprint density at radius 2 is 2.00 bits per heavy atom. The molecule has 0 unspecified atom stereocenters. The van der Waals surface area contributed by atoms with Gasteiger partial charge in [0.2, 0.25) is 0 Å². The van der Waals surface area contributed by atoms with Gasteiger partial charge in [0.25, 0.3) is 5.91 Å². The molecule has 0 radical (unpaired) electrons. The SMILES string of the molecule is COc1ccccc1CCNC(=O)c1cccc(Cl)c1N. The zero-order valence-electron chi connectivity index (χ0n) is 11.7. The van der Waals surface area contributed by atoms with E-state index in [2.05, 4.69) is 5.32 Å². The summed E-state index contributed by atoms with van der Waals surface area (Å²) in [5.41, 5.74) is 7.53. The number of methoxy groups -OCH3 is 1. The normalized spacial score (nSPS) is 10.2. The average molecular weight is 305 g/mol. The summed E-state index contributed by atoms with van der Waals surface area (Å²) in [6, 6.07) is 12.7. The van der Waals surface area contributed by atoms with Crippen molar-refractivity contribution in [3.8, 4) is 5.75 Å². The highest BCUT2D eigenvalue weighted by atomic mass is 35.5. The van der Waals surface area contributed by atoms with Gasteiger partial charge in [-0.05, 0) is 30.2 Å². The van der Waals surface area contributed by atoms with Crippen LogP contribution in [0, 0.1) is 0 Å². The Hall–Kier alpha value is -2.20. The largest absolute Gasteiger partial charge is 0.496 e. The second-order valence-electron chi connectivity index (χ2n) is 4.52. The van der Waals surface area contributed by atoms with Crippen LogP contribution in [0.3, 0.4) is 0 Å². The molecule has 0 spiro atoms. The summed E-state index contributed by atoms with van der Waals surface area (Å²) in [6.45, 7) is 0.491. The van der Waals surface area contributed by atoms with E-state index in [0.717, 1.165) is 11.3 Å². The van der Waals surface area contributed by atoms with Crippen molar-refractivity contribution < 1.29 is 9.53 Å². The van der Waals surface area contributed by atoms with E-state index >= 15 is 0 Å². The number of halogens is 1. The van der Waals surface area contributed by atoms with E-state index in [4.69, 9.17) is 22.1 Å². The third kappa shape index (κ3) is 3.67. The van der Waals surface area contributed by atoms with Crippen LogP contribution in [0.25, 0.3) is 0 Å². The summed E-state index contributed by atoms with van der Waals surface area (Å²) in [7, 11) is 1.63. The number of anilines is 1. The number of hydrogen-bond acceptors (Lipinski definition) is 3. The lowest BCUT2D eigenvalue weighted by atomic mass is 10.1. The molecule has 0 atom stereocenters. The highest BCUT2D eigenvalue weighted by molar-refractivity contribution is 6.33. The molecule has 0 aromatic heterocycles. The van der Waals surface area contributed by atoms with Crippen LogP contribution in [-0.2, 0) is 6.42 Å². The van der Waals surface area contributed by atoms with Crippen molar-refractivity contribution in [1.29, 1.82) is 0 Å². The second-order valence-corrected chi connectivity index (χ2v) is 4.93. The van der Waals surface area contributed by atoms with Gasteiger partial charge in [0.15, 0.2) is 0 Å². The standard InChI is InChI=1S/C16H17ClN2O2/c1-21-14-8-3-2-5-11(14)9-10-19-16(20)12-6-4-7-13(17)15(12)18/h2-8H,9-10,18H2,1H3,(H,19,20). The molecule has 21 heavy (non-hydrogen) atoms. The predicted octanol–water partition coefficient (Wildman–Crippen LogP) is 2.90. The molecule has 4 nitrogen and oxygen atoms in total. The smallest absolute Gasteiger partial charge is 0.253 e. The molecule has 0 heterocycles. The van der Waals surface area contributed by atoms with Gasteiger partial charge in [0.05, 0.1) is 23.4 Å². The minimum atomic E-state index is -0.232. The Morgan fingerprint density at radius 3 is 2.76 bits per heavy atom. The van der Waals surface area contributed by atoms with E-state index in [1.165, 1.54) is 0 Å². The highest BCUT2D eigenvalue weighted by Gasteiger charge is 2.11. The molecule has 0 bridgehead atoms. The van der Waals surface area contributed by atoms with Crippen molar-refractivity contribution >= 4 is 23.2 Å². The molecule has 0 aliphatic heterocycles. The second kappa shape index (κ2) is 6.99. The van der Waals surface area contributed by atoms with Gasteiger partial charge in [-0.1, -0.05) is 35.9 Å². The van der Waals surface area contributed by atoms with Crippen molar-refractivity contribution in [2.24, 2.45) is 0 Å². The lowest BCUT2D eigenvalue weighted by molar-refractivity contribution is 0.0955. The van der Waals surface area contributed by atoms with Crippen LogP contribution < -0.4 is 15.8 Å². The maximum atomic E-state index is 12.1. The third-order valence-electron chi connectivity index (χ3n) is 3.17. The Balaban J connectivity index is 1.97. The minimum absolute atomic E-state index is 0.232. The van der Waals surface area contributed by atoms with Gasteiger partial charge in [-0.25, -0.2) is 0 Å². The molecule has 2 rings (SSSR count). The van der Waals surface area contributed by atoms with Crippen molar-refractivity contribution in [2.45, 2.75) is 6.42 Å². The van der Waals surface area contributed by atoms with Gasteiger partial charge in [0, 0.05) is 6.54 Å². The van der Waals surface area contributed by atoms with Gasteiger partial charge in [-0.3, -0.25) is 4.79 Å². The maximum Gasteiger partial charge on any atom is 0.253 e. The number of nitrogen functional groups attached to an aromatic ring is 1. The summed E-state index contributed by atoms with van der Waals surface area (Å²) in [5.74, 6) is 0.582. The Morgan fingerprint density at radius 1 is 1.24 bits per heavy atom. The number of nitrogens with two attached hydrogens (primary N) is 1. The van der Waals surface area contributed by atoms with Crippen LogP contribution in [-0.4, -0.2) is 19.6 Å². The van der Waals surface area contributed by atoms with Crippen molar-refractivity contribution in [1.82, 2.24) is 5.32 Å². The molecule has 0 saturated heterocycles. The number of carbonyl (C=O) groups is 1. The zero-order valence-corrected chi connectivity index (χ0v) is 12.5. The molecule has 110 valence electrons. The van der Waals surface area contributed by atoms with Crippen LogP contribution in [0.5, 0.6) is 5.75 Å². The fourth-order valence-electron chi connectivity index (χ4n) is 2.05. The van der Waals surface area contributed by atoms with E-state index in [1.807, 2.05) is 24.3 Å². The maximum absolute atomic E-state index is 12.1. The number of carbonyl (C=O) groups excluding carboxylic acids is 1. The summed E-state index contributed by atoms with van der Waals surface area (Å²) in [6.07, 6.45) is 0.677. The monoisotopic (exact) mass is 304 g/mol. The van der Waals surface area contributed by atoms with Crippen LogP contribution >= 0.6 is 11.6 Å². The van der Waals surface area contributed by atoms with Gasteiger partial charge in [0.1, 0.15) is 5.75 Å². The summed E-state index contributed by atoms with van der Waals surface area (Å²) in [5, 5.41) is 3.22. The van der Waals surface area contributed by atoms with E-state index in [1.54, 1.807) is 25.3 Å². The molecule has 0 fully saturated rings. The van der Waals surface area contributed by atoms with Crippen LogP contribution in [0.4, 0.5) is 5.69 Å². The lowest BCUT2D eigenvalue weighted by Gasteiger charge is -2.10. The predicted molar refractivity (Wildman–Crippen MR) is 84.9 cm³/mol. The van der Waals surface area contributed by atoms with Gasteiger partial charge in [-0.15, -0.1) is 0 Å². The van der Waals surface area contributed by atoms with Gasteiger partial charge >= 0.3 is 0 Å². The first-order valence-electron chi connectivity index (χ1n) is 6.57. The van der Waals surface area contributed by atoms with Crippen molar-refractivity contribution in [3.63, 3.8) is 0 Å². The first-order chi connectivity index (χ1) is 10.1. The third-order valence-corrected chi connectivity index (χ3v) is 3.50. The molecule has 0 aliphatic rings. The van der Waals surface area contributed by atoms with Crippen LogP contribution in [0.15, 0.2) is 42.5 Å². The Kier molecular flexibility index (Phi) is 5.06. The number of rotatable bonds is 5. The fourth-order valence-corrected chi connectivity index (χ4v) is 2.22. The highest BCUT2D eigenvalue weighted by Crippen LogP contribution is 2.22. The first kappa shape index (κ1) is 15.2. The van der Waals surface area contributed by atoms with Crippen molar-refractivity contribution in [3.05, 3.63) is 58.6 Å². The average Bonchev–Trinajstić information content (AvgIpc) is 2.50. The number of benzene rings is 2. The quantitative estimate of drug-likeness (QED) is 0.835. The summed E-state index contributed by atoms with van der Waals surface area (Å²) >= 11 is 5.91. The number of para-hydroxylation sites is 2. The Bertz CT molecular complexity index is 644. The lowest BCUT2D eigenvalue weighted by Crippen LogP contribution is -2.26.